The molecule has 2 atom stereocenters. The summed E-state index contributed by atoms with van der Waals surface area (Å²) in [4.78, 5) is 40.0. The van der Waals surface area contributed by atoms with Crippen LogP contribution in [0.2, 0.25) is 0 Å². The van der Waals surface area contributed by atoms with E-state index < -0.39 is 35.2 Å². The smallest absolute Gasteiger partial charge is 0.338 e. The molecule has 0 aromatic heterocycles. The van der Waals surface area contributed by atoms with Crippen LogP contribution in [0.3, 0.4) is 0 Å². The second-order valence-corrected chi connectivity index (χ2v) is 9.71. The highest BCUT2D eigenvalue weighted by molar-refractivity contribution is 8.13. The van der Waals surface area contributed by atoms with Crippen LogP contribution in [0.4, 0.5) is 0 Å². The Kier molecular flexibility index (Phi) is 7.22. The van der Waals surface area contributed by atoms with Gasteiger partial charge in [-0.3, -0.25) is 9.59 Å². The van der Waals surface area contributed by atoms with Gasteiger partial charge in [0.25, 0.3) is 0 Å². The van der Waals surface area contributed by atoms with E-state index in [0.29, 0.717) is 0 Å². The minimum atomic E-state index is -1.03. The Balaban J connectivity index is 1.96. The van der Waals surface area contributed by atoms with Crippen LogP contribution in [0, 0.1) is 5.92 Å². The number of hydrogen-bond acceptors (Lipinski definition) is 7. The van der Waals surface area contributed by atoms with Crippen molar-refractivity contribution >= 4 is 28.6 Å². The average Bonchev–Trinajstić information content (AvgIpc) is 2.97. The molecule has 0 spiro atoms. The fraction of sp³-hybridized carbons (Fsp3) is 0.400. The molecule has 1 aliphatic rings. The molecule has 1 aliphatic heterocycles. The number of ether oxygens (including phenoxy) is 3. The van der Waals surface area contributed by atoms with Crippen molar-refractivity contribution in [2.45, 2.75) is 56.5 Å². The van der Waals surface area contributed by atoms with Gasteiger partial charge in [0.2, 0.25) is 5.12 Å². The molecule has 6 nitrogen and oxygen atoms in total. The molecule has 32 heavy (non-hydrogen) atoms. The van der Waals surface area contributed by atoms with Crippen LogP contribution >= 0.6 is 11.8 Å². The largest absolute Gasteiger partial charge is 0.465 e. The predicted molar refractivity (Wildman–Crippen MR) is 122 cm³/mol. The number of esters is 1. The Morgan fingerprint density at radius 1 is 0.969 bits per heavy atom. The van der Waals surface area contributed by atoms with Gasteiger partial charge in [0.1, 0.15) is 0 Å². The molecule has 0 amide bonds. The summed E-state index contributed by atoms with van der Waals surface area (Å²) >= 11 is 1.01. The maximum Gasteiger partial charge on any atom is 0.338 e. The summed E-state index contributed by atoms with van der Waals surface area (Å²) in [7, 11) is 1.26. The molecular formula is C25H28O6S. The van der Waals surface area contributed by atoms with Gasteiger partial charge in [-0.15, -0.1) is 0 Å². The SMILES string of the molecule is COC(=O)c1ccccc1C(=O)C(CC1OC(C)(C)OC1(C)C)C(=O)Sc1ccccc1. The van der Waals surface area contributed by atoms with Gasteiger partial charge in [0, 0.05) is 10.5 Å². The van der Waals surface area contributed by atoms with E-state index >= 15 is 0 Å². The zero-order chi connectivity index (χ0) is 23.5. The highest BCUT2D eigenvalue weighted by Gasteiger charge is 2.49. The molecule has 3 rings (SSSR count). The van der Waals surface area contributed by atoms with Gasteiger partial charge in [-0.25, -0.2) is 4.79 Å². The van der Waals surface area contributed by atoms with Crippen LogP contribution < -0.4 is 0 Å². The molecule has 1 fully saturated rings. The molecule has 7 heteroatoms. The number of carbonyl (C=O) groups excluding carboxylic acids is 3. The number of benzene rings is 2. The zero-order valence-corrected chi connectivity index (χ0v) is 19.7. The zero-order valence-electron chi connectivity index (χ0n) is 18.9. The molecule has 0 N–H and O–H groups in total. The molecule has 1 saturated heterocycles. The number of rotatable bonds is 7. The molecule has 0 saturated carbocycles. The predicted octanol–water partition coefficient (Wildman–Crippen LogP) is 4.91. The molecule has 1 heterocycles. The van der Waals surface area contributed by atoms with Crippen molar-refractivity contribution in [3.63, 3.8) is 0 Å². The summed E-state index contributed by atoms with van der Waals surface area (Å²) in [5.74, 6) is -2.93. The average molecular weight is 457 g/mol. The Morgan fingerprint density at radius 2 is 1.56 bits per heavy atom. The standard InChI is InChI=1S/C25H28O6S/c1-24(2)20(30-25(3,4)31-24)15-19(23(28)32-16-11-7-6-8-12-16)21(26)17-13-9-10-14-18(17)22(27)29-5/h6-14,19-20H,15H2,1-5H3. The number of methoxy groups -OCH3 is 1. The van der Waals surface area contributed by atoms with Gasteiger partial charge in [0.05, 0.1) is 30.3 Å². The molecular weight excluding hydrogens is 428 g/mol. The molecule has 0 bridgehead atoms. The van der Waals surface area contributed by atoms with E-state index in [2.05, 4.69) is 0 Å². The second-order valence-electron chi connectivity index (χ2n) is 8.64. The monoisotopic (exact) mass is 456 g/mol. The van der Waals surface area contributed by atoms with E-state index in [1.54, 1.807) is 32.0 Å². The molecule has 0 radical (unpaired) electrons. The van der Waals surface area contributed by atoms with E-state index in [0.717, 1.165) is 16.7 Å². The lowest BCUT2D eigenvalue weighted by Gasteiger charge is -2.26. The molecule has 2 unspecified atom stereocenters. The third-order valence-corrected chi connectivity index (χ3v) is 6.31. The Labute approximate surface area is 192 Å². The van der Waals surface area contributed by atoms with Crippen LogP contribution in [0.1, 0.15) is 54.8 Å². The summed E-state index contributed by atoms with van der Waals surface area (Å²) < 4.78 is 16.9. The second kappa shape index (κ2) is 9.57. The number of Topliss-reactive ketones (excluding diaryl/α,β-unsaturated/α-hetero) is 1. The van der Waals surface area contributed by atoms with Crippen molar-refractivity contribution in [1.29, 1.82) is 0 Å². The summed E-state index contributed by atoms with van der Waals surface area (Å²) in [6.45, 7) is 7.37. The Bertz CT molecular complexity index is 999. The lowest BCUT2D eigenvalue weighted by atomic mass is 9.86. The van der Waals surface area contributed by atoms with Crippen molar-refractivity contribution in [2.75, 3.05) is 7.11 Å². The lowest BCUT2D eigenvalue weighted by molar-refractivity contribution is -0.158. The lowest BCUT2D eigenvalue weighted by Crippen LogP contribution is -2.38. The third-order valence-electron chi connectivity index (χ3n) is 5.32. The topological polar surface area (TPSA) is 78.9 Å². The van der Waals surface area contributed by atoms with Crippen molar-refractivity contribution in [1.82, 2.24) is 0 Å². The van der Waals surface area contributed by atoms with Crippen molar-refractivity contribution in [2.24, 2.45) is 5.92 Å². The van der Waals surface area contributed by atoms with E-state index in [1.807, 2.05) is 44.2 Å². The summed E-state index contributed by atoms with van der Waals surface area (Å²) in [6.07, 6.45) is -0.360. The van der Waals surface area contributed by atoms with Crippen molar-refractivity contribution in [3.8, 4) is 0 Å². The van der Waals surface area contributed by atoms with Gasteiger partial charge < -0.3 is 14.2 Å². The number of carbonyl (C=O) groups is 3. The van der Waals surface area contributed by atoms with Crippen LogP contribution in [0.25, 0.3) is 0 Å². The van der Waals surface area contributed by atoms with Crippen LogP contribution in [-0.4, -0.2) is 41.5 Å². The quantitative estimate of drug-likeness (QED) is 0.253. The normalized spacial score (nSPS) is 19.8. The first-order chi connectivity index (χ1) is 15.0. The maximum absolute atomic E-state index is 13.6. The highest BCUT2D eigenvalue weighted by atomic mass is 32.2. The minimum absolute atomic E-state index is 0.128. The van der Waals surface area contributed by atoms with Gasteiger partial charge in [-0.2, -0.15) is 0 Å². The van der Waals surface area contributed by atoms with Crippen LogP contribution in [0.15, 0.2) is 59.5 Å². The molecule has 2 aromatic rings. The van der Waals surface area contributed by atoms with Gasteiger partial charge in [-0.1, -0.05) is 48.2 Å². The summed E-state index contributed by atoms with van der Waals surface area (Å²) in [5, 5.41) is -0.315. The first-order valence-electron chi connectivity index (χ1n) is 10.4. The van der Waals surface area contributed by atoms with Crippen molar-refractivity contribution < 1.29 is 28.6 Å². The maximum atomic E-state index is 13.6. The molecule has 2 aromatic carbocycles. The van der Waals surface area contributed by atoms with Crippen molar-refractivity contribution in [3.05, 3.63) is 65.7 Å². The number of thioether (sulfide) groups is 1. The third kappa shape index (κ3) is 5.46. The summed E-state index contributed by atoms with van der Waals surface area (Å²) in [6, 6.07) is 15.5. The Morgan fingerprint density at radius 3 is 2.12 bits per heavy atom. The van der Waals surface area contributed by atoms with Crippen LogP contribution in [-0.2, 0) is 19.0 Å². The first kappa shape index (κ1) is 24.2. The summed E-state index contributed by atoms with van der Waals surface area (Å²) in [5.41, 5.74) is -0.408. The van der Waals surface area contributed by atoms with Gasteiger partial charge >= 0.3 is 5.97 Å². The van der Waals surface area contributed by atoms with Gasteiger partial charge in [0.15, 0.2) is 11.6 Å². The Hall–Kier alpha value is -2.48. The fourth-order valence-corrected chi connectivity index (χ4v) is 4.78. The highest BCUT2D eigenvalue weighted by Crippen LogP contribution is 2.40. The number of hydrogen-bond donors (Lipinski definition) is 0. The van der Waals surface area contributed by atoms with Crippen LogP contribution in [0.5, 0.6) is 0 Å². The number of ketones is 1. The molecule has 170 valence electrons. The minimum Gasteiger partial charge on any atom is -0.465 e. The van der Waals surface area contributed by atoms with Gasteiger partial charge in [-0.05, 0) is 52.3 Å². The van der Waals surface area contributed by atoms with E-state index in [4.69, 9.17) is 14.2 Å². The van der Waals surface area contributed by atoms with E-state index in [9.17, 15) is 14.4 Å². The molecule has 0 aliphatic carbocycles. The van der Waals surface area contributed by atoms with E-state index in [-0.39, 0.29) is 22.7 Å². The first-order valence-corrected chi connectivity index (χ1v) is 11.2. The fourth-order valence-electron chi connectivity index (χ4n) is 3.91. The van der Waals surface area contributed by atoms with E-state index in [1.165, 1.54) is 13.2 Å².